The molecular weight excluding hydrogens is 414 g/mol. The largest absolute Gasteiger partial charge is 0.332 e. The SMILES string of the molecule is O=C(CN1C(=O)NC2(CCc3ccccc32)C1=O)N(Cc1ccccc1)Cc1ccccc1. The molecule has 1 N–H and O–H groups in total. The van der Waals surface area contributed by atoms with Crippen LogP contribution in [0.2, 0.25) is 0 Å². The van der Waals surface area contributed by atoms with Crippen LogP contribution in [0.3, 0.4) is 0 Å². The van der Waals surface area contributed by atoms with E-state index in [2.05, 4.69) is 5.32 Å². The Morgan fingerprint density at radius 1 is 0.848 bits per heavy atom. The van der Waals surface area contributed by atoms with E-state index in [1.54, 1.807) is 4.90 Å². The van der Waals surface area contributed by atoms with Crippen molar-refractivity contribution in [3.63, 3.8) is 0 Å². The van der Waals surface area contributed by atoms with Crippen molar-refractivity contribution in [2.75, 3.05) is 6.54 Å². The Hall–Kier alpha value is -3.93. The van der Waals surface area contributed by atoms with E-state index in [1.807, 2.05) is 84.9 Å². The minimum atomic E-state index is -1.06. The lowest BCUT2D eigenvalue weighted by atomic mass is 9.92. The molecule has 0 radical (unpaired) electrons. The van der Waals surface area contributed by atoms with Gasteiger partial charge in [-0.2, -0.15) is 0 Å². The zero-order valence-corrected chi connectivity index (χ0v) is 18.2. The van der Waals surface area contributed by atoms with E-state index < -0.39 is 11.6 Å². The van der Waals surface area contributed by atoms with Gasteiger partial charge in [0.2, 0.25) is 5.91 Å². The van der Waals surface area contributed by atoms with Crippen LogP contribution in [0, 0.1) is 0 Å². The van der Waals surface area contributed by atoms with Gasteiger partial charge in [-0.1, -0.05) is 84.9 Å². The molecule has 2 aliphatic rings. The highest BCUT2D eigenvalue weighted by molar-refractivity contribution is 6.09. The number of carbonyl (C=O) groups excluding carboxylic acids is 3. The molecule has 5 rings (SSSR count). The zero-order valence-electron chi connectivity index (χ0n) is 18.2. The van der Waals surface area contributed by atoms with Crippen LogP contribution in [0.5, 0.6) is 0 Å². The van der Waals surface area contributed by atoms with E-state index >= 15 is 0 Å². The number of fused-ring (bicyclic) bond motifs is 2. The van der Waals surface area contributed by atoms with E-state index in [0.717, 1.165) is 33.6 Å². The second-order valence-electron chi connectivity index (χ2n) is 8.60. The molecule has 0 bridgehead atoms. The van der Waals surface area contributed by atoms with E-state index in [4.69, 9.17) is 0 Å². The monoisotopic (exact) mass is 439 g/mol. The number of benzene rings is 3. The first kappa shape index (κ1) is 20.9. The highest BCUT2D eigenvalue weighted by Gasteiger charge is 2.55. The van der Waals surface area contributed by atoms with Gasteiger partial charge in [0.25, 0.3) is 5.91 Å². The average Bonchev–Trinajstić information content (AvgIpc) is 3.33. The molecule has 1 atom stereocenters. The molecule has 1 saturated heterocycles. The average molecular weight is 440 g/mol. The molecule has 1 spiro atoms. The van der Waals surface area contributed by atoms with Crippen LogP contribution in [-0.2, 0) is 34.6 Å². The third-order valence-electron chi connectivity index (χ3n) is 6.50. The molecule has 6 nitrogen and oxygen atoms in total. The number of amides is 4. The molecule has 33 heavy (non-hydrogen) atoms. The second kappa shape index (κ2) is 8.54. The van der Waals surface area contributed by atoms with Gasteiger partial charge in [-0.3, -0.25) is 14.5 Å². The number of hydrogen-bond donors (Lipinski definition) is 1. The van der Waals surface area contributed by atoms with Gasteiger partial charge in [0, 0.05) is 13.1 Å². The predicted octanol–water partition coefficient (Wildman–Crippen LogP) is 3.61. The summed E-state index contributed by atoms with van der Waals surface area (Å²) in [6.45, 7) is 0.507. The maximum atomic E-state index is 13.4. The standard InChI is InChI=1S/C27H25N3O3/c31-24(29(17-20-9-3-1-4-10-20)18-21-11-5-2-6-12-21)19-30-25(32)27(28-26(30)33)16-15-22-13-7-8-14-23(22)27/h1-14H,15-19H2,(H,28,33). The van der Waals surface area contributed by atoms with Crippen molar-refractivity contribution in [1.82, 2.24) is 15.1 Å². The third-order valence-corrected chi connectivity index (χ3v) is 6.50. The van der Waals surface area contributed by atoms with Gasteiger partial charge in [0.15, 0.2) is 0 Å². The normalized spacial score (nSPS) is 19.0. The molecular formula is C27H25N3O3. The van der Waals surface area contributed by atoms with Crippen molar-refractivity contribution in [1.29, 1.82) is 0 Å². The fourth-order valence-electron chi connectivity index (χ4n) is 4.81. The number of carbonyl (C=O) groups is 3. The lowest BCUT2D eigenvalue weighted by molar-refractivity contribution is -0.139. The Morgan fingerprint density at radius 2 is 1.42 bits per heavy atom. The molecule has 0 aromatic heterocycles. The van der Waals surface area contributed by atoms with E-state index in [-0.39, 0.29) is 18.4 Å². The number of aryl methyl sites for hydroxylation is 1. The van der Waals surface area contributed by atoms with E-state index in [0.29, 0.717) is 19.5 Å². The molecule has 3 aromatic rings. The van der Waals surface area contributed by atoms with Crippen molar-refractivity contribution in [2.45, 2.75) is 31.5 Å². The summed E-state index contributed by atoms with van der Waals surface area (Å²) in [4.78, 5) is 42.5. The summed E-state index contributed by atoms with van der Waals surface area (Å²) < 4.78 is 0. The quantitative estimate of drug-likeness (QED) is 0.597. The Kier molecular flexibility index (Phi) is 5.42. The smallest absolute Gasteiger partial charge is 0.325 e. The molecule has 1 fully saturated rings. The topological polar surface area (TPSA) is 69.7 Å². The summed E-state index contributed by atoms with van der Waals surface area (Å²) >= 11 is 0. The fraction of sp³-hybridized carbons (Fsp3) is 0.222. The number of hydrogen-bond acceptors (Lipinski definition) is 3. The lowest BCUT2D eigenvalue weighted by Crippen LogP contribution is -2.44. The van der Waals surface area contributed by atoms with Crippen LogP contribution in [0.25, 0.3) is 0 Å². The summed E-state index contributed by atoms with van der Waals surface area (Å²) in [5, 5.41) is 2.90. The minimum absolute atomic E-state index is 0.269. The second-order valence-corrected chi connectivity index (χ2v) is 8.60. The van der Waals surface area contributed by atoms with Crippen molar-refractivity contribution in [3.05, 3.63) is 107 Å². The Labute approximate surface area is 192 Å². The van der Waals surface area contributed by atoms with Gasteiger partial charge in [0.1, 0.15) is 12.1 Å². The maximum Gasteiger partial charge on any atom is 0.325 e. The van der Waals surface area contributed by atoms with Gasteiger partial charge < -0.3 is 10.2 Å². The summed E-state index contributed by atoms with van der Waals surface area (Å²) in [6.07, 6.45) is 1.23. The van der Waals surface area contributed by atoms with E-state index in [1.165, 1.54) is 0 Å². The molecule has 0 saturated carbocycles. The molecule has 1 heterocycles. The highest BCUT2D eigenvalue weighted by atomic mass is 16.2. The Morgan fingerprint density at radius 3 is 2.06 bits per heavy atom. The lowest BCUT2D eigenvalue weighted by Gasteiger charge is -2.26. The van der Waals surface area contributed by atoms with Crippen LogP contribution in [0.1, 0.15) is 28.7 Å². The van der Waals surface area contributed by atoms with Crippen molar-refractivity contribution < 1.29 is 14.4 Å². The molecule has 6 heteroatoms. The number of imide groups is 1. The summed E-state index contributed by atoms with van der Waals surface area (Å²) in [5.41, 5.74) is 2.82. The van der Waals surface area contributed by atoms with E-state index in [9.17, 15) is 14.4 Å². The van der Waals surface area contributed by atoms with Crippen molar-refractivity contribution >= 4 is 17.8 Å². The summed E-state index contributed by atoms with van der Waals surface area (Å²) in [6, 6.07) is 26.6. The Bertz CT molecular complexity index is 1150. The molecule has 1 aliphatic carbocycles. The maximum absolute atomic E-state index is 13.4. The fourth-order valence-corrected chi connectivity index (χ4v) is 4.81. The van der Waals surface area contributed by atoms with Gasteiger partial charge in [0.05, 0.1) is 0 Å². The van der Waals surface area contributed by atoms with Crippen LogP contribution < -0.4 is 5.32 Å². The number of urea groups is 1. The molecule has 4 amide bonds. The molecule has 1 aliphatic heterocycles. The predicted molar refractivity (Wildman–Crippen MR) is 124 cm³/mol. The van der Waals surface area contributed by atoms with Crippen LogP contribution >= 0.6 is 0 Å². The van der Waals surface area contributed by atoms with Gasteiger partial charge in [-0.15, -0.1) is 0 Å². The molecule has 166 valence electrons. The highest BCUT2D eigenvalue weighted by Crippen LogP contribution is 2.41. The molecule has 1 unspecified atom stereocenters. The van der Waals surface area contributed by atoms with Gasteiger partial charge >= 0.3 is 6.03 Å². The Balaban J connectivity index is 1.38. The van der Waals surface area contributed by atoms with Crippen molar-refractivity contribution in [3.8, 4) is 0 Å². The molecule has 3 aromatic carbocycles. The summed E-state index contributed by atoms with van der Waals surface area (Å²) in [7, 11) is 0. The van der Waals surface area contributed by atoms with Crippen molar-refractivity contribution in [2.24, 2.45) is 0 Å². The first-order chi connectivity index (χ1) is 16.1. The van der Waals surface area contributed by atoms with Crippen LogP contribution in [0.4, 0.5) is 4.79 Å². The third kappa shape index (κ3) is 3.89. The van der Waals surface area contributed by atoms with Gasteiger partial charge in [-0.05, 0) is 35.1 Å². The first-order valence-corrected chi connectivity index (χ1v) is 11.1. The minimum Gasteiger partial charge on any atom is -0.332 e. The first-order valence-electron chi connectivity index (χ1n) is 11.1. The van der Waals surface area contributed by atoms with Crippen LogP contribution in [0.15, 0.2) is 84.9 Å². The summed E-state index contributed by atoms with van der Waals surface area (Å²) in [5.74, 6) is -0.611. The van der Waals surface area contributed by atoms with Gasteiger partial charge in [-0.25, -0.2) is 4.79 Å². The van der Waals surface area contributed by atoms with Crippen LogP contribution in [-0.4, -0.2) is 34.2 Å². The number of rotatable bonds is 6. The number of nitrogens with one attached hydrogen (secondary N) is 1. The number of nitrogens with zero attached hydrogens (tertiary/aromatic N) is 2. The zero-order chi connectivity index (χ0) is 22.8.